The Balaban J connectivity index is 1.53. The minimum absolute atomic E-state index is 0.171. The molecule has 0 atom stereocenters. The summed E-state index contributed by atoms with van der Waals surface area (Å²) in [6.45, 7) is 2.91. The van der Waals surface area contributed by atoms with Gasteiger partial charge in [-0.3, -0.25) is 4.79 Å². The number of carbonyl (C=O) groups excluding carboxylic acids is 1. The Morgan fingerprint density at radius 3 is 2.59 bits per heavy atom. The van der Waals surface area contributed by atoms with E-state index in [0.29, 0.717) is 6.04 Å². The third kappa shape index (κ3) is 3.80. The average Bonchev–Trinajstić information content (AvgIpc) is 3.37. The first-order valence-corrected chi connectivity index (χ1v) is 8.43. The van der Waals surface area contributed by atoms with Gasteiger partial charge in [0.1, 0.15) is 0 Å². The SMILES string of the molecule is CN(C)c1cccc(C(=O)N2CCC(NCC3CC3)CC2)c1. The second-order valence-electron chi connectivity index (χ2n) is 6.86. The van der Waals surface area contributed by atoms with E-state index in [1.807, 2.05) is 48.2 Å². The monoisotopic (exact) mass is 301 g/mol. The summed E-state index contributed by atoms with van der Waals surface area (Å²) < 4.78 is 0. The molecule has 1 aromatic rings. The summed E-state index contributed by atoms with van der Waals surface area (Å²) in [5, 5.41) is 3.66. The van der Waals surface area contributed by atoms with Crippen LogP contribution in [0.2, 0.25) is 0 Å². The highest BCUT2D eigenvalue weighted by atomic mass is 16.2. The first-order valence-electron chi connectivity index (χ1n) is 8.43. The number of piperidine rings is 1. The van der Waals surface area contributed by atoms with Crippen LogP contribution in [0.25, 0.3) is 0 Å². The van der Waals surface area contributed by atoms with Crippen molar-refractivity contribution in [3.8, 4) is 0 Å². The first-order chi connectivity index (χ1) is 10.6. The van der Waals surface area contributed by atoms with E-state index in [4.69, 9.17) is 0 Å². The van der Waals surface area contributed by atoms with Crippen molar-refractivity contribution in [2.75, 3.05) is 38.6 Å². The van der Waals surface area contributed by atoms with Crippen LogP contribution < -0.4 is 10.2 Å². The van der Waals surface area contributed by atoms with Gasteiger partial charge < -0.3 is 15.1 Å². The molecule has 1 heterocycles. The molecule has 3 rings (SSSR count). The number of nitrogens with one attached hydrogen (secondary N) is 1. The zero-order valence-electron chi connectivity index (χ0n) is 13.7. The van der Waals surface area contributed by atoms with Crippen molar-refractivity contribution >= 4 is 11.6 Å². The largest absolute Gasteiger partial charge is 0.378 e. The van der Waals surface area contributed by atoms with Crippen LogP contribution in [0.15, 0.2) is 24.3 Å². The van der Waals surface area contributed by atoms with Crippen LogP contribution in [0.5, 0.6) is 0 Å². The zero-order chi connectivity index (χ0) is 15.5. The average molecular weight is 301 g/mol. The van der Waals surface area contributed by atoms with Crippen LogP contribution in [-0.4, -0.2) is 50.6 Å². The molecule has 0 unspecified atom stereocenters. The Morgan fingerprint density at radius 1 is 1.23 bits per heavy atom. The number of carbonyl (C=O) groups is 1. The first kappa shape index (κ1) is 15.3. The number of hydrogen-bond acceptors (Lipinski definition) is 3. The topological polar surface area (TPSA) is 35.6 Å². The Morgan fingerprint density at radius 2 is 1.95 bits per heavy atom. The van der Waals surface area contributed by atoms with Crippen molar-refractivity contribution in [1.29, 1.82) is 0 Å². The lowest BCUT2D eigenvalue weighted by atomic mass is 10.0. The van der Waals surface area contributed by atoms with Gasteiger partial charge in [0, 0.05) is 44.5 Å². The van der Waals surface area contributed by atoms with Crippen molar-refractivity contribution in [2.24, 2.45) is 5.92 Å². The van der Waals surface area contributed by atoms with E-state index in [-0.39, 0.29) is 5.91 Å². The summed E-state index contributed by atoms with van der Waals surface area (Å²) in [5.74, 6) is 1.10. The summed E-state index contributed by atoms with van der Waals surface area (Å²) in [5.41, 5.74) is 1.88. The van der Waals surface area contributed by atoms with Crippen molar-refractivity contribution in [2.45, 2.75) is 31.7 Å². The van der Waals surface area contributed by atoms with Crippen LogP contribution in [0.1, 0.15) is 36.0 Å². The van der Waals surface area contributed by atoms with E-state index in [9.17, 15) is 4.79 Å². The van der Waals surface area contributed by atoms with Gasteiger partial charge in [-0.2, -0.15) is 0 Å². The van der Waals surface area contributed by atoms with Gasteiger partial charge in [0.2, 0.25) is 0 Å². The quantitative estimate of drug-likeness (QED) is 0.907. The molecule has 1 aliphatic carbocycles. The number of anilines is 1. The summed E-state index contributed by atoms with van der Waals surface area (Å²) >= 11 is 0. The smallest absolute Gasteiger partial charge is 0.253 e. The molecule has 2 aliphatic rings. The lowest BCUT2D eigenvalue weighted by Gasteiger charge is -2.32. The number of rotatable bonds is 5. The Hall–Kier alpha value is -1.55. The third-order valence-corrected chi connectivity index (χ3v) is 4.78. The molecule has 120 valence electrons. The fourth-order valence-electron chi connectivity index (χ4n) is 3.04. The van der Waals surface area contributed by atoms with E-state index in [1.165, 1.54) is 19.4 Å². The lowest BCUT2D eigenvalue weighted by molar-refractivity contribution is 0.0705. The molecule has 22 heavy (non-hydrogen) atoms. The highest BCUT2D eigenvalue weighted by molar-refractivity contribution is 5.95. The van der Waals surface area contributed by atoms with Crippen LogP contribution in [0, 0.1) is 5.92 Å². The van der Waals surface area contributed by atoms with Gasteiger partial charge in [0.15, 0.2) is 0 Å². The van der Waals surface area contributed by atoms with Crippen LogP contribution in [-0.2, 0) is 0 Å². The molecular weight excluding hydrogens is 274 g/mol. The van der Waals surface area contributed by atoms with E-state index in [2.05, 4.69) is 5.32 Å². The fraction of sp³-hybridized carbons (Fsp3) is 0.611. The molecule has 4 nitrogen and oxygen atoms in total. The zero-order valence-corrected chi connectivity index (χ0v) is 13.7. The van der Waals surface area contributed by atoms with Gasteiger partial charge in [-0.25, -0.2) is 0 Å². The minimum Gasteiger partial charge on any atom is -0.378 e. The molecule has 1 saturated carbocycles. The molecule has 1 aromatic carbocycles. The van der Waals surface area contributed by atoms with Gasteiger partial charge in [-0.15, -0.1) is 0 Å². The van der Waals surface area contributed by atoms with Crippen LogP contribution in [0.3, 0.4) is 0 Å². The molecule has 0 radical (unpaired) electrons. The highest BCUT2D eigenvalue weighted by Gasteiger charge is 2.26. The van der Waals surface area contributed by atoms with Crippen molar-refractivity contribution in [3.05, 3.63) is 29.8 Å². The molecule has 1 N–H and O–H groups in total. The lowest BCUT2D eigenvalue weighted by Crippen LogP contribution is -2.45. The molecule has 1 amide bonds. The van der Waals surface area contributed by atoms with Crippen LogP contribution in [0.4, 0.5) is 5.69 Å². The molecular formula is C18H27N3O. The van der Waals surface area contributed by atoms with Gasteiger partial charge in [-0.05, 0) is 56.3 Å². The number of benzene rings is 1. The van der Waals surface area contributed by atoms with Gasteiger partial charge in [0.25, 0.3) is 5.91 Å². The van der Waals surface area contributed by atoms with E-state index in [0.717, 1.165) is 43.1 Å². The molecule has 2 fully saturated rings. The summed E-state index contributed by atoms with van der Waals surface area (Å²) in [6.07, 6.45) is 4.94. The second-order valence-corrected chi connectivity index (χ2v) is 6.86. The number of nitrogens with zero attached hydrogens (tertiary/aromatic N) is 2. The summed E-state index contributed by atoms with van der Waals surface area (Å²) in [7, 11) is 4.00. The maximum atomic E-state index is 12.6. The molecule has 1 aliphatic heterocycles. The highest BCUT2D eigenvalue weighted by Crippen LogP contribution is 2.28. The maximum absolute atomic E-state index is 12.6. The summed E-state index contributed by atoms with van der Waals surface area (Å²) in [4.78, 5) is 16.7. The molecule has 0 spiro atoms. The second kappa shape index (κ2) is 6.69. The molecule has 4 heteroatoms. The van der Waals surface area contributed by atoms with Crippen LogP contribution >= 0.6 is 0 Å². The normalized spacial score (nSPS) is 19.3. The summed E-state index contributed by atoms with van der Waals surface area (Å²) in [6, 6.07) is 8.50. The minimum atomic E-state index is 0.171. The predicted molar refractivity (Wildman–Crippen MR) is 90.4 cm³/mol. The van der Waals surface area contributed by atoms with Gasteiger partial charge in [-0.1, -0.05) is 6.07 Å². The fourth-order valence-corrected chi connectivity index (χ4v) is 3.04. The van der Waals surface area contributed by atoms with Crippen molar-refractivity contribution in [3.63, 3.8) is 0 Å². The maximum Gasteiger partial charge on any atom is 0.253 e. The molecule has 1 saturated heterocycles. The Kier molecular flexibility index (Phi) is 4.67. The number of hydrogen-bond donors (Lipinski definition) is 1. The standard InChI is InChI=1S/C18H27N3O/c1-20(2)17-5-3-4-15(12-17)18(22)21-10-8-16(9-11-21)19-13-14-6-7-14/h3-5,12,14,16,19H,6-11,13H2,1-2H3. The van der Waals surface area contributed by atoms with Crippen molar-refractivity contribution in [1.82, 2.24) is 10.2 Å². The Bertz CT molecular complexity index is 517. The van der Waals surface area contributed by atoms with Gasteiger partial charge in [0.05, 0.1) is 0 Å². The number of likely N-dealkylation sites (tertiary alicyclic amines) is 1. The third-order valence-electron chi connectivity index (χ3n) is 4.78. The Labute approximate surface area is 133 Å². The van der Waals surface area contributed by atoms with E-state index in [1.54, 1.807) is 0 Å². The van der Waals surface area contributed by atoms with Gasteiger partial charge >= 0.3 is 0 Å². The van der Waals surface area contributed by atoms with E-state index < -0.39 is 0 Å². The number of amides is 1. The molecule has 0 bridgehead atoms. The molecule has 0 aromatic heterocycles. The van der Waals surface area contributed by atoms with E-state index >= 15 is 0 Å². The predicted octanol–water partition coefficient (Wildman–Crippen LogP) is 2.36. The van der Waals surface area contributed by atoms with Crippen molar-refractivity contribution < 1.29 is 4.79 Å².